The van der Waals surface area contributed by atoms with Crippen molar-refractivity contribution in [3.8, 4) is 0 Å². The highest BCUT2D eigenvalue weighted by molar-refractivity contribution is 8.01. The van der Waals surface area contributed by atoms with Gasteiger partial charge in [0.2, 0.25) is 12.6 Å². The molecule has 0 spiro atoms. The Kier molecular flexibility index (Phi) is 9.88. The van der Waals surface area contributed by atoms with Gasteiger partial charge < -0.3 is 31.2 Å². The number of nitrogens with two attached hydrogens (primary N) is 1. The van der Waals surface area contributed by atoms with E-state index in [0.717, 1.165) is 21.1 Å². The molecule has 2 aliphatic rings. The van der Waals surface area contributed by atoms with E-state index in [2.05, 4.69) is 15.5 Å². The first kappa shape index (κ1) is 32.5. The lowest BCUT2D eigenvalue weighted by molar-refractivity contribution is -0.686. The predicted octanol–water partition coefficient (Wildman–Crippen LogP) is 1.17. The van der Waals surface area contributed by atoms with E-state index < -0.39 is 53.0 Å². The summed E-state index contributed by atoms with van der Waals surface area (Å²) in [6, 6.07) is 10.3. The minimum Gasteiger partial charge on any atom is -0.478 e. The van der Waals surface area contributed by atoms with E-state index in [9.17, 15) is 34.2 Å². The van der Waals surface area contributed by atoms with Gasteiger partial charge in [0.1, 0.15) is 22.8 Å². The van der Waals surface area contributed by atoms with Crippen LogP contribution in [0.15, 0.2) is 81.6 Å². The second-order valence-electron chi connectivity index (χ2n) is 9.75. The van der Waals surface area contributed by atoms with E-state index in [1.54, 1.807) is 42.7 Å². The average molecular weight is 686 g/mol. The number of β-lactam (4-membered cyclic amide) rings is 1. The number of nitrogens with zero attached hydrogens (tertiary/aromatic N) is 4. The van der Waals surface area contributed by atoms with Crippen LogP contribution in [0.2, 0.25) is 0 Å². The van der Waals surface area contributed by atoms with Crippen molar-refractivity contribution in [2.24, 2.45) is 5.16 Å². The van der Waals surface area contributed by atoms with E-state index in [4.69, 9.17) is 15.7 Å². The molecule has 3 atom stereocenters. The zero-order chi connectivity index (χ0) is 33.0. The van der Waals surface area contributed by atoms with Crippen LogP contribution in [0.25, 0.3) is 0 Å². The fraction of sp³-hybridized carbons (Fsp3) is 0.214. The number of thiazole rings is 1. The summed E-state index contributed by atoms with van der Waals surface area (Å²) in [7, 11) is 0. The minimum atomic E-state index is -1.55. The molecule has 0 bridgehead atoms. The number of oxime groups is 1. The summed E-state index contributed by atoms with van der Waals surface area (Å²) in [4.78, 5) is 73.0. The Morgan fingerprint density at radius 1 is 1.15 bits per heavy atom. The first-order chi connectivity index (χ1) is 22.0. The smallest absolute Gasteiger partial charge is 0.370 e. The van der Waals surface area contributed by atoms with Crippen molar-refractivity contribution >= 4 is 75.4 Å². The molecule has 1 aromatic carbocycles. The van der Waals surface area contributed by atoms with Gasteiger partial charge in [-0.1, -0.05) is 35.5 Å². The number of nitrogen functional groups attached to an aromatic ring is 1. The standard InChI is InChI=1S/C28H24N6O9S3/c29-28-30-17(13-46-28)19(32-43-22(27(41)42)14-4-2-1-3-5-14)23(37)31-20-24(38)34-21(26(39)40)15(12-45-25(20)34)11-44-16-6-8-33(9-7-16)10-18(35)36/h1-9,13,20,22,25H,10-12H2,(H5-,29,30,31,35,36,37,39,40,41,42)/p+1/b32-19-/t20?,22?,25-/m1/s1. The van der Waals surface area contributed by atoms with Crippen LogP contribution in [0.4, 0.5) is 5.13 Å². The van der Waals surface area contributed by atoms with Crippen LogP contribution in [0.1, 0.15) is 17.4 Å². The van der Waals surface area contributed by atoms with E-state index in [1.165, 1.54) is 45.6 Å². The largest absolute Gasteiger partial charge is 0.478 e. The third-order valence-corrected chi connectivity index (χ3v) is 9.80. The van der Waals surface area contributed by atoms with Gasteiger partial charge in [-0.2, -0.15) is 4.57 Å². The van der Waals surface area contributed by atoms with Crippen LogP contribution >= 0.6 is 34.9 Å². The normalized spacial score (nSPS) is 18.3. The van der Waals surface area contributed by atoms with Gasteiger partial charge in [0, 0.05) is 39.5 Å². The Hall–Kier alpha value is -4.94. The molecule has 6 N–H and O–H groups in total. The lowest BCUT2D eigenvalue weighted by Gasteiger charge is -2.49. The highest BCUT2D eigenvalue weighted by Crippen LogP contribution is 2.41. The number of benzene rings is 1. The van der Waals surface area contributed by atoms with Gasteiger partial charge in [0.25, 0.3) is 11.8 Å². The number of amides is 2. The molecule has 18 heteroatoms. The summed E-state index contributed by atoms with van der Waals surface area (Å²) >= 11 is 3.62. The van der Waals surface area contributed by atoms with Crippen molar-refractivity contribution in [2.45, 2.75) is 29.0 Å². The average Bonchev–Trinajstić information content (AvgIpc) is 3.46. The SMILES string of the molecule is Nc1nc(/C(=N/OC(C(=O)O)c2ccccc2)C(=O)NC2C(=O)N3C(C(=O)O)=C(CSc4cc[n+](CC(=O)O)cc4)CS[C@H]23)cs1. The second-order valence-corrected chi connectivity index (χ2v) is 12.8. The maximum atomic E-state index is 13.4. The third-order valence-electron chi connectivity index (χ3n) is 6.68. The number of pyridine rings is 1. The Morgan fingerprint density at radius 3 is 2.48 bits per heavy atom. The molecular weight excluding hydrogens is 661 g/mol. The Morgan fingerprint density at radius 2 is 1.87 bits per heavy atom. The van der Waals surface area contributed by atoms with Gasteiger partial charge in [0.05, 0.1) is 0 Å². The lowest BCUT2D eigenvalue weighted by atomic mass is 10.0. The molecule has 5 rings (SSSR count). The maximum Gasteiger partial charge on any atom is 0.370 e. The number of carboxylic acids is 3. The molecule has 2 amide bonds. The fourth-order valence-electron chi connectivity index (χ4n) is 4.56. The first-order valence-corrected chi connectivity index (χ1v) is 16.2. The molecule has 2 aromatic heterocycles. The quantitative estimate of drug-likeness (QED) is 0.0561. The zero-order valence-corrected chi connectivity index (χ0v) is 26.0. The van der Waals surface area contributed by atoms with Crippen molar-refractivity contribution in [1.29, 1.82) is 0 Å². The number of carboxylic acid groups (broad SMARTS) is 3. The number of carbonyl (C=O) groups is 5. The molecule has 0 aliphatic carbocycles. The minimum absolute atomic E-state index is 0.00282. The van der Waals surface area contributed by atoms with Crippen LogP contribution in [0.5, 0.6) is 0 Å². The Balaban J connectivity index is 1.31. The van der Waals surface area contributed by atoms with E-state index in [1.807, 2.05) is 0 Å². The number of nitrogens with one attached hydrogen (secondary N) is 1. The van der Waals surface area contributed by atoms with Crippen molar-refractivity contribution in [1.82, 2.24) is 15.2 Å². The Bertz CT molecular complexity index is 1750. The van der Waals surface area contributed by atoms with Gasteiger partial charge in [-0.3, -0.25) is 14.5 Å². The number of carbonyl (C=O) groups excluding carboxylic acids is 2. The molecular formula is C28H25N6O9S3+. The summed E-state index contributed by atoms with van der Waals surface area (Å²) in [6.45, 7) is -0.194. The molecule has 46 heavy (non-hydrogen) atoms. The van der Waals surface area contributed by atoms with Crippen LogP contribution in [0.3, 0.4) is 0 Å². The first-order valence-electron chi connectivity index (χ1n) is 13.3. The number of anilines is 1. The van der Waals surface area contributed by atoms with Crippen LogP contribution in [-0.2, 0) is 35.4 Å². The summed E-state index contributed by atoms with van der Waals surface area (Å²) in [6.07, 6.45) is 1.66. The third kappa shape index (κ3) is 7.13. The molecule has 0 radical (unpaired) electrons. The van der Waals surface area contributed by atoms with E-state index in [0.29, 0.717) is 5.57 Å². The van der Waals surface area contributed by atoms with Crippen molar-refractivity contribution in [3.63, 3.8) is 0 Å². The number of hydrogen-bond acceptors (Lipinski definition) is 12. The number of hydrogen-bond donors (Lipinski definition) is 5. The zero-order valence-electron chi connectivity index (χ0n) is 23.5. The summed E-state index contributed by atoms with van der Waals surface area (Å²) in [5.74, 6) is -4.64. The fourth-order valence-corrected chi connectivity index (χ4v) is 7.48. The monoisotopic (exact) mass is 685 g/mol. The Labute approximate surface area is 272 Å². The van der Waals surface area contributed by atoms with Gasteiger partial charge >= 0.3 is 17.9 Å². The number of fused-ring (bicyclic) bond motifs is 1. The van der Waals surface area contributed by atoms with Gasteiger partial charge in [0.15, 0.2) is 23.2 Å². The van der Waals surface area contributed by atoms with Crippen molar-refractivity contribution in [2.75, 3.05) is 17.2 Å². The molecule has 15 nitrogen and oxygen atoms in total. The molecule has 238 valence electrons. The molecule has 1 fully saturated rings. The number of thioether (sulfide) groups is 2. The van der Waals surface area contributed by atoms with E-state index in [-0.39, 0.29) is 40.1 Å². The van der Waals surface area contributed by atoms with Crippen molar-refractivity contribution in [3.05, 3.63) is 82.8 Å². The summed E-state index contributed by atoms with van der Waals surface area (Å²) in [5.41, 5.74) is 5.94. The number of aliphatic carboxylic acids is 3. The molecule has 1 saturated heterocycles. The van der Waals surface area contributed by atoms with Gasteiger partial charge in [-0.15, -0.1) is 34.9 Å². The second kappa shape index (κ2) is 14.0. The number of rotatable bonds is 13. The summed E-state index contributed by atoms with van der Waals surface area (Å²) < 4.78 is 1.49. The van der Waals surface area contributed by atoms with Crippen LogP contribution in [0, 0.1) is 0 Å². The predicted molar refractivity (Wildman–Crippen MR) is 166 cm³/mol. The molecule has 4 heterocycles. The molecule has 2 unspecified atom stereocenters. The van der Waals surface area contributed by atoms with Crippen molar-refractivity contribution < 1.29 is 48.7 Å². The number of aromatic nitrogens is 2. The lowest BCUT2D eigenvalue weighted by Crippen LogP contribution is -2.71. The topological polar surface area (TPSA) is 226 Å². The van der Waals surface area contributed by atoms with E-state index >= 15 is 0 Å². The molecule has 0 saturated carbocycles. The summed E-state index contributed by atoms with van der Waals surface area (Å²) in [5, 5.41) is 35.8. The highest BCUT2D eigenvalue weighted by atomic mass is 32.2. The van der Waals surface area contributed by atoms with Crippen LogP contribution in [-0.4, -0.2) is 83.6 Å². The highest BCUT2D eigenvalue weighted by Gasteiger charge is 2.54. The van der Waals surface area contributed by atoms with Gasteiger partial charge in [-0.05, 0) is 5.57 Å². The van der Waals surface area contributed by atoms with Gasteiger partial charge in [-0.25, -0.2) is 19.4 Å². The van der Waals surface area contributed by atoms with Crippen LogP contribution < -0.4 is 15.6 Å². The molecule has 2 aliphatic heterocycles. The maximum absolute atomic E-state index is 13.4. The molecule has 3 aromatic rings.